The second-order valence-corrected chi connectivity index (χ2v) is 6.42. The third-order valence-corrected chi connectivity index (χ3v) is 4.77. The highest BCUT2D eigenvalue weighted by atomic mass is 32.1. The van der Waals surface area contributed by atoms with Gasteiger partial charge in [0, 0.05) is 38.1 Å². The standard InChI is InChI=1S/C15H23N3O2S/c1-12(19)14-10-13(11-21-14)15(20)16-4-3-5-18-8-6-17(2)7-9-18/h10-11H,3-9H2,1-2H3,(H,16,20). The molecule has 0 unspecified atom stereocenters. The van der Waals surface area contributed by atoms with Crippen molar-refractivity contribution >= 4 is 23.0 Å². The highest BCUT2D eigenvalue weighted by Gasteiger charge is 2.13. The van der Waals surface area contributed by atoms with Gasteiger partial charge in [0.25, 0.3) is 5.91 Å². The first kappa shape index (κ1) is 16.1. The number of nitrogens with zero attached hydrogens (tertiary/aromatic N) is 2. The van der Waals surface area contributed by atoms with E-state index in [1.54, 1.807) is 11.4 Å². The Labute approximate surface area is 129 Å². The fourth-order valence-electron chi connectivity index (χ4n) is 2.32. The molecule has 1 aromatic rings. The van der Waals surface area contributed by atoms with Gasteiger partial charge < -0.3 is 15.1 Å². The summed E-state index contributed by atoms with van der Waals surface area (Å²) in [6.07, 6.45) is 0.957. The number of amides is 1. The molecule has 1 amide bonds. The highest BCUT2D eigenvalue weighted by molar-refractivity contribution is 7.12. The van der Waals surface area contributed by atoms with Gasteiger partial charge >= 0.3 is 0 Å². The lowest BCUT2D eigenvalue weighted by Crippen LogP contribution is -2.45. The van der Waals surface area contributed by atoms with Crippen LogP contribution in [0.25, 0.3) is 0 Å². The summed E-state index contributed by atoms with van der Waals surface area (Å²) in [5.41, 5.74) is 0.588. The first-order valence-electron chi connectivity index (χ1n) is 7.35. The van der Waals surface area contributed by atoms with E-state index in [1.807, 2.05) is 0 Å². The van der Waals surface area contributed by atoms with Gasteiger partial charge in [-0.2, -0.15) is 0 Å². The lowest BCUT2D eigenvalue weighted by atomic mass is 10.2. The number of piperazine rings is 1. The molecule has 2 rings (SSSR count). The van der Waals surface area contributed by atoms with Gasteiger partial charge in [0.2, 0.25) is 0 Å². The van der Waals surface area contributed by atoms with Crippen molar-refractivity contribution < 1.29 is 9.59 Å². The molecule has 1 fully saturated rings. The van der Waals surface area contributed by atoms with Crippen LogP contribution in [0.3, 0.4) is 0 Å². The van der Waals surface area contributed by atoms with Crippen molar-refractivity contribution in [3.8, 4) is 0 Å². The van der Waals surface area contributed by atoms with Gasteiger partial charge in [-0.3, -0.25) is 9.59 Å². The fraction of sp³-hybridized carbons (Fsp3) is 0.600. The number of carbonyl (C=O) groups excluding carboxylic acids is 2. The van der Waals surface area contributed by atoms with Crippen molar-refractivity contribution in [3.05, 3.63) is 21.9 Å². The van der Waals surface area contributed by atoms with Crippen LogP contribution in [0.1, 0.15) is 33.4 Å². The zero-order chi connectivity index (χ0) is 15.2. The average Bonchev–Trinajstić information content (AvgIpc) is 2.95. The number of hydrogen-bond acceptors (Lipinski definition) is 5. The highest BCUT2D eigenvalue weighted by Crippen LogP contribution is 2.15. The molecule has 0 bridgehead atoms. The number of carbonyl (C=O) groups is 2. The van der Waals surface area contributed by atoms with Gasteiger partial charge in [-0.25, -0.2) is 0 Å². The summed E-state index contributed by atoms with van der Waals surface area (Å²) >= 11 is 1.32. The Morgan fingerprint density at radius 3 is 2.62 bits per heavy atom. The fourth-order valence-corrected chi connectivity index (χ4v) is 3.11. The number of thiophene rings is 1. The largest absolute Gasteiger partial charge is 0.352 e. The van der Waals surface area contributed by atoms with Gasteiger partial charge in [-0.05, 0) is 33.0 Å². The summed E-state index contributed by atoms with van der Waals surface area (Å²) in [7, 11) is 2.15. The first-order valence-corrected chi connectivity index (χ1v) is 8.23. The molecule has 1 saturated heterocycles. The molecule has 0 radical (unpaired) electrons. The topological polar surface area (TPSA) is 52.7 Å². The molecule has 21 heavy (non-hydrogen) atoms. The van der Waals surface area contributed by atoms with Gasteiger partial charge in [0.1, 0.15) is 0 Å². The molecule has 116 valence electrons. The van der Waals surface area contributed by atoms with Crippen molar-refractivity contribution in [2.45, 2.75) is 13.3 Å². The van der Waals surface area contributed by atoms with Crippen molar-refractivity contribution in [2.75, 3.05) is 46.3 Å². The predicted octanol–water partition coefficient (Wildman–Crippen LogP) is 1.32. The van der Waals surface area contributed by atoms with Crippen LogP contribution in [0.5, 0.6) is 0 Å². The summed E-state index contributed by atoms with van der Waals surface area (Å²) in [6, 6.07) is 1.67. The quantitative estimate of drug-likeness (QED) is 0.636. The van der Waals surface area contributed by atoms with Crippen LogP contribution in [0.15, 0.2) is 11.4 Å². The number of likely N-dealkylation sites (N-methyl/N-ethyl adjacent to an activating group) is 1. The Kier molecular flexibility index (Phi) is 5.90. The van der Waals surface area contributed by atoms with Crippen LogP contribution < -0.4 is 5.32 Å². The number of Topliss-reactive ketones (excluding diaryl/α,β-unsaturated/α-hetero) is 1. The maximum absolute atomic E-state index is 11.9. The molecule has 0 atom stereocenters. The second-order valence-electron chi connectivity index (χ2n) is 5.51. The Balaban J connectivity index is 1.66. The normalized spacial score (nSPS) is 16.9. The molecule has 1 aliphatic heterocycles. The first-order chi connectivity index (χ1) is 10.1. The summed E-state index contributed by atoms with van der Waals surface area (Å²) < 4.78 is 0. The molecule has 1 N–H and O–H groups in total. The minimum atomic E-state index is -0.0860. The molecule has 5 nitrogen and oxygen atoms in total. The summed E-state index contributed by atoms with van der Waals surface area (Å²) in [5, 5.41) is 4.66. The molecule has 6 heteroatoms. The van der Waals surface area contributed by atoms with Crippen LogP contribution >= 0.6 is 11.3 Å². The molecule has 1 aromatic heterocycles. The molecule has 1 aliphatic rings. The Morgan fingerprint density at radius 1 is 1.29 bits per heavy atom. The van der Waals surface area contributed by atoms with Crippen molar-refractivity contribution in [1.29, 1.82) is 0 Å². The Hall–Kier alpha value is -1.24. The SMILES string of the molecule is CC(=O)c1cc(C(=O)NCCCN2CCN(C)CC2)cs1. The minimum absolute atomic E-state index is 0.00844. The second kappa shape index (κ2) is 7.68. The molecule has 0 spiro atoms. The predicted molar refractivity (Wildman–Crippen MR) is 85.2 cm³/mol. The van der Waals surface area contributed by atoms with Crippen molar-refractivity contribution in [2.24, 2.45) is 0 Å². The molecule has 0 aliphatic carbocycles. The lowest BCUT2D eigenvalue weighted by molar-refractivity contribution is 0.0950. The third kappa shape index (κ3) is 4.91. The van der Waals surface area contributed by atoms with E-state index in [2.05, 4.69) is 22.2 Å². The lowest BCUT2D eigenvalue weighted by Gasteiger charge is -2.32. The average molecular weight is 309 g/mol. The molecular weight excluding hydrogens is 286 g/mol. The van der Waals surface area contributed by atoms with Crippen molar-refractivity contribution in [3.63, 3.8) is 0 Å². The Morgan fingerprint density at radius 2 is 2.00 bits per heavy atom. The van der Waals surface area contributed by atoms with E-state index < -0.39 is 0 Å². The van der Waals surface area contributed by atoms with E-state index in [-0.39, 0.29) is 11.7 Å². The number of ketones is 1. The molecule has 2 heterocycles. The van der Waals surface area contributed by atoms with Gasteiger partial charge in [0.05, 0.1) is 10.4 Å². The monoisotopic (exact) mass is 309 g/mol. The van der Waals surface area contributed by atoms with E-state index in [0.29, 0.717) is 17.0 Å². The van der Waals surface area contributed by atoms with Gasteiger partial charge in [0.15, 0.2) is 5.78 Å². The van der Waals surface area contributed by atoms with Crippen LogP contribution in [0.4, 0.5) is 0 Å². The van der Waals surface area contributed by atoms with E-state index in [4.69, 9.17) is 0 Å². The summed E-state index contributed by atoms with van der Waals surface area (Å²) in [6.45, 7) is 7.68. The van der Waals surface area contributed by atoms with Crippen LogP contribution in [0, 0.1) is 0 Å². The number of rotatable bonds is 6. The van der Waals surface area contributed by atoms with Crippen LogP contribution in [-0.4, -0.2) is 67.8 Å². The van der Waals surface area contributed by atoms with Crippen LogP contribution in [-0.2, 0) is 0 Å². The minimum Gasteiger partial charge on any atom is -0.352 e. The summed E-state index contributed by atoms with van der Waals surface area (Å²) in [5.74, 6) is -0.0776. The number of hydrogen-bond donors (Lipinski definition) is 1. The smallest absolute Gasteiger partial charge is 0.252 e. The molecule has 0 saturated carbocycles. The van der Waals surface area contributed by atoms with Gasteiger partial charge in [-0.15, -0.1) is 11.3 Å². The zero-order valence-electron chi connectivity index (χ0n) is 12.7. The van der Waals surface area contributed by atoms with Crippen molar-refractivity contribution in [1.82, 2.24) is 15.1 Å². The van der Waals surface area contributed by atoms with E-state index >= 15 is 0 Å². The van der Waals surface area contributed by atoms with Gasteiger partial charge in [-0.1, -0.05) is 0 Å². The zero-order valence-corrected chi connectivity index (χ0v) is 13.5. The number of nitrogens with one attached hydrogen (secondary N) is 1. The molecular formula is C15H23N3O2S. The molecule has 0 aromatic carbocycles. The maximum atomic E-state index is 11.9. The Bertz CT molecular complexity index is 493. The van der Waals surface area contributed by atoms with Crippen LogP contribution in [0.2, 0.25) is 0 Å². The maximum Gasteiger partial charge on any atom is 0.252 e. The summed E-state index contributed by atoms with van der Waals surface area (Å²) in [4.78, 5) is 28.6. The van der Waals surface area contributed by atoms with E-state index in [9.17, 15) is 9.59 Å². The third-order valence-electron chi connectivity index (χ3n) is 3.74. The van der Waals surface area contributed by atoms with E-state index in [1.165, 1.54) is 18.3 Å². The van der Waals surface area contributed by atoms with E-state index in [0.717, 1.165) is 39.1 Å².